The summed E-state index contributed by atoms with van der Waals surface area (Å²) in [4.78, 5) is 56.5. The fourth-order valence-corrected chi connectivity index (χ4v) is 3.98. The van der Waals surface area contributed by atoms with E-state index in [-0.39, 0.29) is 11.7 Å². The summed E-state index contributed by atoms with van der Waals surface area (Å²) in [6, 6.07) is 8.21. The van der Waals surface area contributed by atoms with E-state index in [1.165, 1.54) is 24.9 Å². The number of amides is 2. The predicted octanol–water partition coefficient (Wildman–Crippen LogP) is 3.28. The Morgan fingerprint density at radius 2 is 1.73 bits per heavy atom. The summed E-state index contributed by atoms with van der Waals surface area (Å²) in [7, 11) is 1.44. The summed E-state index contributed by atoms with van der Waals surface area (Å²) in [5.74, 6) is -1.78. The van der Waals surface area contributed by atoms with E-state index >= 15 is 0 Å². The van der Waals surface area contributed by atoms with Crippen molar-refractivity contribution in [1.82, 2.24) is 14.7 Å². The van der Waals surface area contributed by atoms with E-state index in [4.69, 9.17) is 9.47 Å². The first-order chi connectivity index (χ1) is 17.2. The zero-order chi connectivity index (χ0) is 27.9. The number of ether oxygens (including phenoxy) is 2. The molecular formula is C28H41N3O6. The molecule has 2 amide bonds. The molecule has 9 heteroatoms. The first-order valence-corrected chi connectivity index (χ1v) is 12.6. The van der Waals surface area contributed by atoms with Gasteiger partial charge in [-0.05, 0) is 45.3 Å². The topological polar surface area (TPSA) is 96.5 Å². The van der Waals surface area contributed by atoms with Gasteiger partial charge in [-0.1, -0.05) is 50.8 Å². The van der Waals surface area contributed by atoms with Crippen molar-refractivity contribution in [3.63, 3.8) is 0 Å². The molecule has 1 aliphatic rings. The van der Waals surface area contributed by atoms with Crippen molar-refractivity contribution in [1.29, 1.82) is 0 Å². The van der Waals surface area contributed by atoms with E-state index in [0.717, 1.165) is 10.5 Å². The highest BCUT2D eigenvalue weighted by molar-refractivity contribution is 5.98. The van der Waals surface area contributed by atoms with Crippen molar-refractivity contribution in [3.05, 3.63) is 48.6 Å². The Labute approximate surface area is 220 Å². The van der Waals surface area contributed by atoms with Gasteiger partial charge in [-0.15, -0.1) is 0 Å². The lowest BCUT2D eigenvalue weighted by Gasteiger charge is -2.42. The maximum Gasteiger partial charge on any atom is 0.410 e. The van der Waals surface area contributed by atoms with Crippen LogP contribution >= 0.6 is 0 Å². The van der Waals surface area contributed by atoms with Crippen LogP contribution < -0.4 is 0 Å². The standard InChI is InChI=1S/C28H41N3O6/c1-9-23(32)22-18-30(17-21-13-11-10-12-14-21)15-16-31(22)25(33)24(19(2)3)36-26(34)20(4)29(8)27(35)37-28(5,6)7/h9-14,19-20,22,24H,1,15-18H2,2-8H3/t20-,22-,24-/m0/s1. The zero-order valence-corrected chi connectivity index (χ0v) is 23.1. The number of hydrogen-bond donors (Lipinski definition) is 0. The second kappa shape index (κ2) is 12.9. The van der Waals surface area contributed by atoms with Crippen LogP contribution in [0.25, 0.3) is 0 Å². The highest BCUT2D eigenvalue weighted by Gasteiger charge is 2.40. The van der Waals surface area contributed by atoms with E-state index in [1.807, 2.05) is 30.3 Å². The smallest absolute Gasteiger partial charge is 0.410 e. The van der Waals surface area contributed by atoms with Crippen molar-refractivity contribution >= 4 is 23.8 Å². The third-order valence-electron chi connectivity index (χ3n) is 6.22. The van der Waals surface area contributed by atoms with Crippen molar-refractivity contribution < 1.29 is 28.7 Å². The van der Waals surface area contributed by atoms with Gasteiger partial charge >= 0.3 is 12.1 Å². The Hall–Kier alpha value is -3.20. The van der Waals surface area contributed by atoms with Gasteiger partial charge in [0.1, 0.15) is 17.7 Å². The molecule has 0 aromatic heterocycles. The number of piperazine rings is 1. The minimum atomic E-state index is -1.11. The van der Waals surface area contributed by atoms with E-state index in [2.05, 4.69) is 11.5 Å². The van der Waals surface area contributed by atoms with Crippen LogP contribution in [-0.4, -0.2) is 88.9 Å². The van der Waals surface area contributed by atoms with Crippen molar-refractivity contribution in [2.45, 2.75) is 71.9 Å². The third kappa shape index (κ3) is 8.42. The fraction of sp³-hybridized carbons (Fsp3) is 0.571. The van der Waals surface area contributed by atoms with Crippen LogP contribution in [-0.2, 0) is 30.4 Å². The lowest BCUT2D eigenvalue weighted by Crippen LogP contribution is -2.60. The summed E-state index contributed by atoms with van der Waals surface area (Å²) in [5.41, 5.74) is 0.393. The minimum Gasteiger partial charge on any atom is -0.450 e. The second-order valence-electron chi connectivity index (χ2n) is 10.7. The van der Waals surface area contributed by atoms with Gasteiger partial charge in [-0.2, -0.15) is 0 Å². The van der Waals surface area contributed by atoms with Crippen LogP contribution in [0, 0.1) is 5.92 Å². The molecule has 0 bridgehead atoms. The Kier molecular flexibility index (Phi) is 10.4. The molecule has 0 aliphatic carbocycles. The number of hydrogen-bond acceptors (Lipinski definition) is 7. The second-order valence-corrected chi connectivity index (χ2v) is 10.7. The molecule has 0 unspecified atom stereocenters. The first-order valence-electron chi connectivity index (χ1n) is 12.6. The molecule has 1 fully saturated rings. The van der Waals surface area contributed by atoms with Crippen molar-refractivity contribution in [2.24, 2.45) is 5.92 Å². The maximum atomic E-state index is 13.6. The molecule has 3 atom stereocenters. The largest absolute Gasteiger partial charge is 0.450 e. The molecule has 1 heterocycles. The Morgan fingerprint density at radius 1 is 1.11 bits per heavy atom. The number of carbonyl (C=O) groups excluding carboxylic acids is 4. The highest BCUT2D eigenvalue weighted by Crippen LogP contribution is 2.20. The summed E-state index contributed by atoms with van der Waals surface area (Å²) < 4.78 is 11.0. The van der Waals surface area contributed by atoms with E-state index in [0.29, 0.717) is 26.2 Å². The zero-order valence-electron chi connectivity index (χ0n) is 23.1. The van der Waals surface area contributed by atoms with Gasteiger partial charge in [0.2, 0.25) is 0 Å². The third-order valence-corrected chi connectivity index (χ3v) is 6.22. The van der Waals surface area contributed by atoms with Crippen LogP contribution in [0.2, 0.25) is 0 Å². The average molecular weight is 516 g/mol. The Balaban J connectivity index is 2.14. The molecule has 1 aromatic carbocycles. The van der Waals surface area contributed by atoms with Gasteiger partial charge in [0.05, 0.1) is 0 Å². The molecule has 0 radical (unpaired) electrons. The summed E-state index contributed by atoms with van der Waals surface area (Å²) >= 11 is 0. The molecule has 1 aliphatic heterocycles. The Morgan fingerprint density at radius 3 is 2.27 bits per heavy atom. The van der Waals surface area contributed by atoms with Crippen LogP contribution in [0.15, 0.2) is 43.0 Å². The number of likely N-dealkylation sites (N-methyl/N-ethyl adjacent to an activating group) is 1. The average Bonchev–Trinajstić information content (AvgIpc) is 2.84. The molecule has 9 nitrogen and oxygen atoms in total. The molecule has 0 N–H and O–H groups in total. The number of ketones is 1. The monoisotopic (exact) mass is 515 g/mol. The molecule has 204 valence electrons. The van der Waals surface area contributed by atoms with Gasteiger partial charge in [0.15, 0.2) is 11.9 Å². The molecule has 0 saturated carbocycles. The number of benzene rings is 1. The summed E-state index contributed by atoms with van der Waals surface area (Å²) in [6.07, 6.45) is -0.552. The van der Waals surface area contributed by atoms with Gasteiger partial charge in [-0.25, -0.2) is 9.59 Å². The van der Waals surface area contributed by atoms with E-state index in [9.17, 15) is 19.2 Å². The maximum absolute atomic E-state index is 13.6. The van der Waals surface area contributed by atoms with Gasteiger partial charge in [0, 0.05) is 33.2 Å². The SMILES string of the molecule is C=CC(=O)[C@@H]1CN(Cc2ccccc2)CCN1C(=O)[C@@H](OC(=O)[C@H](C)N(C)C(=O)OC(C)(C)C)C(C)C. The molecule has 1 aromatic rings. The van der Waals surface area contributed by atoms with Gasteiger partial charge < -0.3 is 14.4 Å². The quantitative estimate of drug-likeness (QED) is 0.368. The predicted molar refractivity (Wildman–Crippen MR) is 141 cm³/mol. The molecular weight excluding hydrogens is 474 g/mol. The fourth-order valence-electron chi connectivity index (χ4n) is 3.98. The van der Waals surface area contributed by atoms with Gasteiger partial charge in [-0.3, -0.25) is 19.4 Å². The molecule has 37 heavy (non-hydrogen) atoms. The first kappa shape index (κ1) is 30.0. The molecule has 2 rings (SSSR count). The number of nitrogens with zero attached hydrogens (tertiary/aromatic N) is 3. The highest BCUT2D eigenvalue weighted by atomic mass is 16.6. The lowest BCUT2D eigenvalue weighted by atomic mass is 10.0. The van der Waals surface area contributed by atoms with Gasteiger partial charge in [0.25, 0.3) is 5.91 Å². The minimum absolute atomic E-state index is 0.266. The van der Waals surface area contributed by atoms with E-state index < -0.39 is 41.8 Å². The number of carbonyl (C=O) groups is 4. The van der Waals surface area contributed by atoms with Crippen LogP contribution in [0.5, 0.6) is 0 Å². The Bertz CT molecular complexity index is 972. The molecule has 0 spiro atoms. The van der Waals surface area contributed by atoms with Crippen molar-refractivity contribution in [3.8, 4) is 0 Å². The molecule has 1 saturated heterocycles. The normalized spacial score (nSPS) is 18.1. The van der Waals surface area contributed by atoms with Crippen molar-refractivity contribution in [2.75, 3.05) is 26.7 Å². The van der Waals surface area contributed by atoms with Crippen LogP contribution in [0.4, 0.5) is 4.79 Å². The number of rotatable bonds is 9. The lowest BCUT2D eigenvalue weighted by molar-refractivity contribution is -0.169. The summed E-state index contributed by atoms with van der Waals surface area (Å²) in [5, 5.41) is 0. The van der Waals surface area contributed by atoms with Crippen LogP contribution in [0.3, 0.4) is 0 Å². The number of esters is 1. The van der Waals surface area contributed by atoms with E-state index in [1.54, 1.807) is 34.6 Å². The van der Waals surface area contributed by atoms with Crippen LogP contribution in [0.1, 0.15) is 47.1 Å². The summed E-state index contributed by atoms with van der Waals surface area (Å²) in [6.45, 7) is 15.7.